The fourth-order valence-corrected chi connectivity index (χ4v) is 3.91. The SMILES string of the molecule is O[C@@H]1CCCN(c2nc(N3CCC[C@H](O)C3)nc3ccc(Cl)cc23)C1. The van der Waals surface area contributed by atoms with Gasteiger partial charge >= 0.3 is 0 Å². The highest BCUT2D eigenvalue weighted by Gasteiger charge is 2.25. The van der Waals surface area contributed by atoms with Gasteiger partial charge in [-0.15, -0.1) is 0 Å². The monoisotopic (exact) mass is 362 g/mol. The molecule has 0 unspecified atom stereocenters. The summed E-state index contributed by atoms with van der Waals surface area (Å²) >= 11 is 6.20. The van der Waals surface area contributed by atoms with E-state index in [2.05, 4.69) is 4.90 Å². The fraction of sp³-hybridized carbons (Fsp3) is 0.556. The highest BCUT2D eigenvalue weighted by Crippen LogP contribution is 2.31. The summed E-state index contributed by atoms with van der Waals surface area (Å²) in [6.45, 7) is 2.83. The summed E-state index contributed by atoms with van der Waals surface area (Å²) in [5.74, 6) is 1.46. The van der Waals surface area contributed by atoms with Crippen molar-refractivity contribution in [1.82, 2.24) is 9.97 Å². The molecular formula is C18H23ClN4O2. The van der Waals surface area contributed by atoms with Crippen molar-refractivity contribution in [3.05, 3.63) is 23.2 Å². The molecule has 2 N–H and O–H groups in total. The van der Waals surface area contributed by atoms with Crippen LogP contribution in [-0.4, -0.2) is 58.6 Å². The van der Waals surface area contributed by atoms with Gasteiger partial charge in [0.15, 0.2) is 0 Å². The van der Waals surface area contributed by atoms with E-state index in [1.807, 2.05) is 23.1 Å². The molecule has 7 heteroatoms. The molecule has 0 amide bonds. The van der Waals surface area contributed by atoms with Crippen molar-refractivity contribution >= 4 is 34.3 Å². The number of piperidine rings is 2. The zero-order chi connectivity index (χ0) is 17.4. The molecule has 2 aliphatic heterocycles. The van der Waals surface area contributed by atoms with Crippen molar-refractivity contribution in [2.24, 2.45) is 0 Å². The van der Waals surface area contributed by atoms with Crippen LogP contribution in [0.2, 0.25) is 5.02 Å². The Morgan fingerprint density at radius 1 is 0.960 bits per heavy atom. The molecule has 0 spiro atoms. The van der Waals surface area contributed by atoms with E-state index in [4.69, 9.17) is 21.6 Å². The predicted octanol–water partition coefficient (Wildman–Crippen LogP) is 2.21. The van der Waals surface area contributed by atoms with Gasteiger partial charge in [-0.1, -0.05) is 11.6 Å². The first-order valence-corrected chi connectivity index (χ1v) is 9.31. The normalized spacial score (nSPS) is 24.8. The Hall–Kier alpha value is -1.63. The van der Waals surface area contributed by atoms with Gasteiger partial charge in [0.05, 0.1) is 17.7 Å². The number of anilines is 2. The molecule has 2 aliphatic rings. The van der Waals surface area contributed by atoms with Crippen molar-refractivity contribution in [1.29, 1.82) is 0 Å². The fourth-order valence-electron chi connectivity index (χ4n) is 3.74. The molecule has 2 atom stereocenters. The largest absolute Gasteiger partial charge is 0.391 e. The summed E-state index contributed by atoms with van der Waals surface area (Å²) in [6.07, 6.45) is 2.85. The molecule has 25 heavy (non-hydrogen) atoms. The van der Waals surface area contributed by atoms with Gasteiger partial charge in [-0.2, -0.15) is 4.98 Å². The van der Waals surface area contributed by atoms with Gasteiger partial charge in [0, 0.05) is 36.6 Å². The second kappa shape index (κ2) is 6.94. The van der Waals surface area contributed by atoms with Crippen molar-refractivity contribution in [2.75, 3.05) is 36.0 Å². The summed E-state index contributed by atoms with van der Waals surface area (Å²) in [7, 11) is 0. The molecule has 134 valence electrons. The molecule has 2 saturated heterocycles. The number of β-amino-alcohol motifs (C(OH)–C–C–N with tert-alkyl or cyclic N) is 2. The Bertz CT molecular complexity index is 772. The van der Waals surface area contributed by atoms with Crippen molar-refractivity contribution in [3.8, 4) is 0 Å². The number of nitrogens with zero attached hydrogens (tertiary/aromatic N) is 4. The summed E-state index contributed by atoms with van der Waals surface area (Å²) in [5, 5.41) is 21.6. The molecule has 3 heterocycles. The lowest BCUT2D eigenvalue weighted by molar-refractivity contribution is 0.153. The average molecular weight is 363 g/mol. The molecule has 2 aromatic rings. The van der Waals surface area contributed by atoms with E-state index >= 15 is 0 Å². The highest BCUT2D eigenvalue weighted by molar-refractivity contribution is 6.31. The van der Waals surface area contributed by atoms with Crippen LogP contribution >= 0.6 is 11.6 Å². The van der Waals surface area contributed by atoms with E-state index in [0.29, 0.717) is 24.1 Å². The Labute approximate surface area is 152 Å². The lowest BCUT2D eigenvalue weighted by Gasteiger charge is -2.34. The third kappa shape index (κ3) is 3.52. The molecule has 1 aromatic carbocycles. The van der Waals surface area contributed by atoms with Crippen molar-refractivity contribution in [3.63, 3.8) is 0 Å². The zero-order valence-electron chi connectivity index (χ0n) is 14.1. The van der Waals surface area contributed by atoms with E-state index in [1.165, 1.54) is 0 Å². The average Bonchev–Trinajstić information content (AvgIpc) is 2.61. The minimum atomic E-state index is -0.335. The number of aromatic nitrogens is 2. The molecule has 0 radical (unpaired) electrons. The molecule has 0 saturated carbocycles. The van der Waals surface area contributed by atoms with E-state index in [-0.39, 0.29) is 12.2 Å². The summed E-state index contributed by atoms with van der Waals surface area (Å²) in [6, 6.07) is 5.63. The maximum absolute atomic E-state index is 10.1. The van der Waals surface area contributed by atoms with E-state index < -0.39 is 0 Å². The Morgan fingerprint density at radius 2 is 1.64 bits per heavy atom. The summed E-state index contributed by atoms with van der Waals surface area (Å²) < 4.78 is 0. The van der Waals surface area contributed by atoms with Gasteiger partial charge in [0.25, 0.3) is 0 Å². The van der Waals surface area contributed by atoms with Crippen LogP contribution in [0.3, 0.4) is 0 Å². The van der Waals surface area contributed by atoms with Gasteiger partial charge in [-0.25, -0.2) is 4.98 Å². The Kier molecular flexibility index (Phi) is 4.67. The molecule has 0 bridgehead atoms. The molecular weight excluding hydrogens is 340 g/mol. The van der Waals surface area contributed by atoms with Crippen LogP contribution in [0.1, 0.15) is 25.7 Å². The van der Waals surface area contributed by atoms with Gasteiger partial charge < -0.3 is 20.0 Å². The van der Waals surface area contributed by atoms with Crippen LogP contribution in [0, 0.1) is 0 Å². The molecule has 6 nitrogen and oxygen atoms in total. The first kappa shape index (κ1) is 16.8. The minimum Gasteiger partial charge on any atom is -0.391 e. The molecule has 2 fully saturated rings. The Balaban J connectivity index is 1.79. The quantitative estimate of drug-likeness (QED) is 0.853. The van der Waals surface area contributed by atoms with Gasteiger partial charge in [0.1, 0.15) is 5.82 Å². The minimum absolute atomic E-state index is 0.335. The maximum Gasteiger partial charge on any atom is 0.227 e. The van der Waals surface area contributed by atoms with E-state index in [9.17, 15) is 10.2 Å². The number of aliphatic hydroxyl groups excluding tert-OH is 2. The first-order chi connectivity index (χ1) is 12.1. The number of halogens is 1. The number of aliphatic hydroxyl groups is 2. The van der Waals surface area contributed by atoms with Gasteiger partial charge in [0.2, 0.25) is 5.95 Å². The highest BCUT2D eigenvalue weighted by atomic mass is 35.5. The van der Waals surface area contributed by atoms with Gasteiger partial charge in [-0.05, 0) is 43.9 Å². The predicted molar refractivity (Wildman–Crippen MR) is 99.5 cm³/mol. The van der Waals surface area contributed by atoms with E-state index in [1.54, 1.807) is 0 Å². The number of hydrogen-bond donors (Lipinski definition) is 2. The van der Waals surface area contributed by atoms with Crippen LogP contribution in [0.4, 0.5) is 11.8 Å². The maximum atomic E-state index is 10.1. The van der Waals surface area contributed by atoms with Crippen LogP contribution in [0.15, 0.2) is 18.2 Å². The van der Waals surface area contributed by atoms with Crippen LogP contribution < -0.4 is 9.80 Å². The van der Waals surface area contributed by atoms with Gasteiger partial charge in [-0.3, -0.25) is 0 Å². The lowest BCUT2D eigenvalue weighted by atomic mass is 10.1. The number of benzene rings is 1. The van der Waals surface area contributed by atoms with E-state index in [0.717, 1.165) is 55.5 Å². The smallest absolute Gasteiger partial charge is 0.227 e. The molecule has 1 aromatic heterocycles. The summed E-state index contributed by atoms with van der Waals surface area (Å²) in [4.78, 5) is 13.7. The third-order valence-corrected chi connectivity index (χ3v) is 5.24. The number of fused-ring (bicyclic) bond motifs is 1. The van der Waals surface area contributed by atoms with Crippen LogP contribution in [0.5, 0.6) is 0 Å². The second-order valence-electron chi connectivity index (χ2n) is 6.99. The lowest BCUT2D eigenvalue weighted by Crippen LogP contribution is -2.41. The van der Waals surface area contributed by atoms with Crippen molar-refractivity contribution in [2.45, 2.75) is 37.9 Å². The van der Waals surface area contributed by atoms with Crippen LogP contribution in [0.25, 0.3) is 10.9 Å². The standard InChI is InChI=1S/C18H23ClN4O2/c19-12-5-6-16-15(9-12)17(22-7-1-3-13(24)10-22)21-18(20-16)23-8-2-4-14(25)11-23/h5-6,9,13-14,24-25H,1-4,7-8,10-11H2/t13-,14+/m1/s1. The van der Waals surface area contributed by atoms with Crippen LogP contribution in [-0.2, 0) is 0 Å². The van der Waals surface area contributed by atoms with Crippen molar-refractivity contribution < 1.29 is 10.2 Å². The first-order valence-electron chi connectivity index (χ1n) is 8.93. The molecule has 0 aliphatic carbocycles. The topological polar surface area (TPSA) is 72.7 Å². The Morgan fingerprint density at radius 3 is 2.36 bits per heavy atom. The molecule has 4 rings (SSSR count). The zero-order valence-corrected chi connectivity index (χ0v) is 14.9. The summed E-state index contributed by atoms with van der Waals surface area (Å²) in [5.41, 5.74) is 0.838. The number of rotatable bonds is 2. The number of hydrogen-bond acceptors (Lipinski definition) is 6. The third-order valence-electron chi connectivity index (χ3n) is 5.00. The second-order valence-corrected chi connectivity index (χ2v) is 7.43.